The summed E-state index contributed by atoms with van der Waals surface area (Å²) < 4.78 is 10.6. The molecule has 1 unspecified atom stereocenters. The standard InChI is InChI=1S/C23H25NO5/c1-28-15-14-24-21(17-10-6-7-11-19(17)29-2)20(22(26)23(24)27)18(25)13-12-16-8-4-3-5-9-16/h3-11,21,26H,12-15H2,1-2H3. The van der Waals surface area contributed by atoms with Crippen LogP contribution in [0.3, 0.4) is 0 Å². The second-order valence-electron chi connectivity index (χ2n) is 6.81. The molecule has 0 aromatic heterocycles. The Morgan fingerprint density at radius 1 is 1.07 bits per heavy atom. The second-order valence-corrected chi connectivity index (χ2v) is 6.81. The quantitative estimate of drug-likeness (QED) is 0.705. The first-order valence-electron chi connectivity index (χ1n) is 9.51. The third-order valence-corrected chi connectivity index (χ3v) is 5.06. The zero-order valence-electron chi connectivity index (χ0n) is 16.6. The molecule has 0 aliphatic carbocycles. The van der Waals surface area contributed by atoms with Gasteiger partial charge in [-0.3, -0.25) is 9.59 Å². The van der Waals surface area contributed by atoms with Gasteiger partial charge in [-0.15, -0.1) is 0 Å². The SMILES string of the molecule is COCCN1C(=O)C(O)=C(C(=O)CCc2ccccc2)C1c1ccccc1OC. The topological polar surface area (TPSA) is 76.1 Å². The number of hydrogen-bond donors (Lipinski definition) is 1. The summed E-state index contributed by atoms with van der Waals surface area (Å²) in [5.41, 5.74) is 1.80. The average Bonchev–Trinajstić information content (AvgIpc) is 3.01. The van der Waals surface area contributed by atoms with Crippen LogP contribution in [0.25, 0.3) is 0 Å². The maximum absolute atomic E-state index is 13.1. The van der Waals surface area contributed by atoms with Crippen LogP contribution in [0.4, 0.5) is 0 Å². The molecule has 1 atom stereocenters. The highest BCUT2D eigenvalue weighted by atomic mass is 16.5. The van der Waals surface area contributed by atoms with Crippen molar-refractivity contribution in [1.29, 1.82) is 0 Å². The maximum Gasteiger partial charge on any atom is 0.290 e. The molecule has 2 aromatic carbocycles. The van der Waals surface area contributed by atoms with E-state index in [0.29, 0.717) is 17.7 Å². The number of ketones is 1. The molecule has 0 bridgehead atoms. The lowest BCUT2D eigenvalue weighted by molar-refractivity contribution is -0.130. The number of amides is 1. The van der Waals surface area contributed by atoms with Crippen molar-refractivity contribution in [3.63, 3.8) is 0 Å². The Balaban J connectivity index is 1.94. The number of carbonyl (C=O) groups excluding carboxylic acids is 2. The van der Waals surface area contributed by atoms with Gasteiger partial charge in [0.2, 0.25) is 0 Å². The van der Waals surface area contributed by atoms with E-state index in [0.717, 1.165) is 5.56 Å². The van der Waals surface area contributed by atoms with Crippen LogP contribution in [-0.2, 0) is 20.7 Å². The zero-order valence-corrected chi connectivity index (χ0v) is 16.6. The number of aliphatic hydroxyl groups is 1. The lowest BCUT2D eigenvalue weighted by Gasteiger charge is -2.27. The summed E-state index contributed by atoms with van der Waals surface area (Å²) in [4.78, 5) is 27.3. The molecule has 6 heteroatoms. The summed E-state index contributed by atoms with van der Waals surface area (Å²) in [6.07, 6.45) is 0.724. The van der Waals surface area contributed by atoms with E-state index in [9.17, 15) is 14.7 Å². The largest absolute Gasteiger partial charge is 0.503 e. The molecule has 1 heterocycles. The van der Waals surface area contributed by atoms with E-state index in [1.165, 1.54) is 19.1 Å². The van der Waals surface area contributed by atoms with Crippen molar-refractivity contribution < 1.29 is 24.2 Å². The van der Waals surface area contributed by atoms with Gasteiger partial charge in [-0.2, -0.15) is 0 Å². The highest BCUT2D eigenvalue weighted by molar-refractivity contribution is 6.09. The number of hydrogen-bond acceptors (Lipinski definition) is 5. The summed E-state index contributed by atoms with van der Waals surface area (Å²) in [6, 6.07) is 16.2. The van der Waals surface area contributed by atoms with Crippen molar-refractivity contribution >= 4 is 11.7 Å². The number of aliphatic hydroxyl groups excluding tert-OH is 1. The van der Waals surface area contributed by atoms with Crippen molar-refractivity contribution in [2.45, 2.75) is 18.9 Å². The van der Waals surface area contributed by atoms with Crippen LogP contribution in [0.15, 0.2) is 65.9 Å². The number of methoxy groups -OCH3 is 2. The van der Waals surface area contributed by atoms with E-state index in [-0.39, 0.29) is 30.9 Å². The molecular formula is C23H25NO5. The number of nitrogens with zero attached hydrogens (tertiary/aromatic N) is 1. The van der Waals surface area contributed by atoms with Gasteiger partial charge in [0.15, 0.2) is 11.5 Å². The molecule has 29 heavy (non-hydrogen) atoms. The summed E-state index contributed by atoms with van der Waals surface area (Å²) >= 11 is 0. The van der Waals surface area contributed by atoms with Gasteiger partial charge in [0.1, 0.15) is 5.75 Å². The minimum absolute atomic E-state index is 0.117. The van der Waals surface area contributed by atoms with E-state index in [1.54, 1.807) is 12.1 Å². The Labute approximate surface area is 170 Å². The Bertz CT molecular complexity index is 906. The van der Waals surface area contributed by atoms with Crippen LogP contribution in [0.5, 0.6) is 5.75 Å². The minimum Gasteiger partial charge on any atom is -0.503 e. The summed E-state index contributed by atoms with van der Waals surface area (Å²) in [5.74, 6) is -0.762. The lowest BCUT2D eigenvalue weighted by Crippen LogP contribution is -2.34. The van der Waals surface area contributed by atoms with Gasteiger partial charge < -0.3 is 19.5 Å². The van der Waals surface area contributed by atoms with Crippen LogP contribution >= 0.6 is 0 Å². The molecule has 0 radical (unpaired) electrons. The van der Waals surface area contributed by atoms with E-state index in [1.807, 2.05) is 42.5 Å². The Morgan fingerprint density at radius 2 is 1.76 bits per heavy atom. The summed E-state index contributed by atoms with van der Waals surface area (Å²) in [6.45, 7) is 0.535. The third kappa shape index (κ3) is 4.32. The summed E-state index contributed by atoms with van der Waals surface area (Å²) in [5, 5.41) is 10.6. The minimum atomic E-state index is -0.711. The normalized spacial score (nSPS) is 16.4. The molecule has 0 saturated carbocycles. The molecular weight excluding hydrogens is 370 g/mol. The van der Waals surface area contributed by atoms with Crippen LogP contribution in [0.2, 0.25) is 0 Å². The molecule has 0 saturated heterocycles. The van der Waals surface area contributed by atoms with Crippen LogP contribution in [0.1, 0.15) is 23.6 Å². The molecule has 0 fully saturated rings. The van der Waals surface area contributed by atoms with Gasteiger partial charge in [-0.25, -0.2) is 0 Å². The van der Waals surface area contributed by atoms with Crippen molar-refractivity contribution in [1.82, 2.24) is 4.90 Å². The Hall–Kier alpha value is -3.12. The summed E-state index contributed by atoms with van der Waals surface area (Å²) in [7, 11) is 3.08. The fraction of sp³-hybridized carbons (Fsp3) is 0.304. The molecule has 1 aliphatic rings. The van der Waals surface area contributed by atoms with Gasteiger partial charge in [-0.1, -0.05) is 48.5 Å². The van der Waals surface area contributed by atoms with Gasteiger partial charge in [0.05, 0.1) is 25.3 Å². The molecule has 6 nitrogen and oxygen atoms in total. The van der Waals surface area contributed by atoms with Crippen molar-refractivity contribution in [2.24, 2.45) is 0 Å². The number of carbonyl (C=O) groups is 2. The smallest absolute Gasteiger partial charge is 0.290 e. The Morgan fingerprint density at radius 3 is 2.45 bits per heavy atom. The average molecular weight is 395 g/mol. The maximum atomic E-state index is 13.1. The number of para-hydroxylation sites is 1. The molecule has 1 aliphatic heterocycles. The van der Waals surface area contributed by atoms with Crippen LogP contribution < -0.4 is 4.74 Å². The third-order valence-electron chi connectivity index (χ3n) is 5.06. The first-order valence-corrected chi connectivity index (χ1v) is 9.51. The molecule has 3 rings (SSSR count). The molecule has 1 amide bonds. The second kappa shape index (κ2) is 9.39. The van der Waals surface area contributed by atoms with Crippen molar-refractivity contribution in [3.05, 3.63) is 77.1 Å². The van der Waals surface area contributed by atoms with Crippen molar-refractivity contribution in [3.8, 4) is 5.75 Å². The molecule has 1 N–H and O–H groups in total. The number of Topliss-reactive ketones (excluding diaryl/α,β-unsaturated/α-hetero) is 1. The highest BCUT2D eigenvalue weighted by Crippen LogP contribution is 2.41. The van der Waals surface area contributed by atoms with E-state index in [2.05, 4.69) is 0 Å². The number of ether oxygens (including phenoxy) is 2. The predicted octanol–water partition coefficient (Wildman–Crippen LogP) is 3.24. The monoisotopic (exact) mass is 395 g/mol. The van der Waals surface area contributed by atoms with Gasteiger partial charge >= 0.3 is 0 Å². The fourth-order valence-corrected chi connectivity index (χ4v) is 3.61. The fourth-order valence-electron chi connectivity index (χ4n) is 3.61. The molecule has 2 aromatic rings. The van der Waals surface area contributed by atoms with Gasteiger partial charge in [0, 0.05) is 25.6 Å². The van der Waals surface area contributed by atoms with Gasteiger partial charge in [-0.05, 0) is 18.1 Å². The lowest BCUT2D eigenvalue weighted by atomic mass is 9.92. The first kappa shape index (κ1) is 20.6. The van der Waals surface area contributed by atoms with E-state index < -0.39 is 17.7 Å². The predicted molar refractivity (Wildman–Crippen MR) is 109 cm³/mol. The highest BCUT2D eigenvalue weighted by Gasteiger charge is 2.44. The number of rotatable bonds is 9. The zero-order chi connectivity index (χ0) is 20.8. The molecule has 152 valence electrons. The van der Waals surface area contributed by atoms with Crippen molar-refractivity contribution in [2.75, 3.05) is 27.4 Å². The van der Waals surface area contributed by atoms with Crippen LogP contribution in [0, 0.1) is 0 Å². The number of benzene rings is 2. The van der Waals surface area contributed by atoms with Crippen LogP contribution in [-0.4, -0.2) is 49.1 Å². The Kier molecular flexibility index (Phi) is 6.67. The van der Waals surface area contributed by atoms with Gasteiger partial charge in [0.25, 0.3) is 5.91 Å². The first-order chi connectivity index (χ1) is 14.1. The number of aryl methyl sites for hydroxylation is 1. The molecule has 0 spiro atoms. The van der Waals surface area contributed by atoms with E-state index in [4.69, 9.17) is 9.47 Å². The van der Waals surface area contributed by atoms with E-state index >= 15 is 0 Å².